The molecule has 2 rings (SSSR count). The highest BCUT2D eigenvalue weighted by Gasteiger charge is 2.44. The van der Waals surface area contributed by atoms with Crippen molar-refractivity contribution < 1.29 is 23.8 Å². The molecule has 0 aliphatic carbocycles. The number of amides is 2. The molecule has 7 heteroatoms. The maximum absolute atomic E-state index is 13.3. The Bertz CT molecular complexity index is 544. The summed E-state index contributed by atoms with van der Waals surface area (Å²) in [6.45, 7) is 2.21. The Labute approximate surface area is 121 Å². The summed E-state index contributed by atoms with van der Waals surface area (Å²) >= 11 is 0. The molecule has 0 spiro atoms. The number of carbonyl (C=O) groups excluding carboxylic acids is 1. The predicted octanol–water partition coefficient (Wildman–Crippen LogP) is 1.61. The average molecular weight is 296 g/mol. The Morgan fingerprint density at radius 3 is 2.81 bits per heavy atom. The Morgan fingerprint density at radius 1 is 1.52 bits per heavy atom. The van der Waals surface area contributed by atoms with Crippen molar-refractivity contribution >= 4 is 17.7 Å². The highest BCUT2D eigenvalue weighted by molar-refractivity contribution is 5.96. The van der Waals surface area contributed by atoms with Gasteiger partial charge in [-0.15, -0.1) is 0 Å². The van der Waals surface area contributed by atoms with Crippen LogP contribution in [0.4, 0.5) is 14.9 Å². The third-order valence-corrected chi connectivity index (χ3v) is 3.46. The van der Waals surface area contributed by atoms with E-state index < -0.39 is 23.4 Å². The van der Waals surface area contributed by atoms with Crippen LogP contribution >= 0.6 is 0 Å². The Hall–Kier alpha value is -2.15. The van der Waals surface area contributed by atoms with Crippen molar-refractivity contribution in [2.75, 3.05) is 24.7 Å². The average Bonchev–Trinajstić information content (AvgIpc) is 2.89. The lowest BCUT2D eigenvalue weighted by Gasteiger charge is -2.29. The first-order chi connectivity index (χ1) is 9.98. The van der Waals surface area contributed by atoms with E-state index in [1.54, 1.807) is 13.0 Å². The number of nitrogens with one attached hydrogen (secondary N) is 1. The van der Waals surface area contributed by atoms with Gasteiger partial charge in [-0.2, -0.15) is 0 Å². The quantitative estimate of drug-likeness (QED) is 0.884. The third kappa shape index (κ3) is 3.13. The molecule has 1 unspecified atom stereocenters. The van der Waals surface area contributed by atoms with Crippen molar-refractivity contribution in [1.29, 1.82) is 0 Å². The van der Waals surface area contributed by atoms with Crippen LogP contribution in [0.25, 0.3) is 0 Å². The molecule has 1 aromatic carbocycles. The first-order valence-corrected chi connectivity index (χ1v) is 6.65. The lowest BCUT2D eigenvalue weighted by Crippen LogP contribution is -2.58. The second-order valence-electron chi connectivity index (χ2n) is 4.84. The van der Waals surface area contributed by atoms with E-state index in [1.165, 1.54) is 23.1 Å². The van der Waals surface area contributed by atoms with E-state index in [4.69, 9.17) is 4.74 Å². The van der Waals surface area contributed by atoms with Gasteiger partial charge in [0.25, 0.3) is 0 Å². The Balaban J connectivity index is 2.19. The summed E-state index contributed by atoms with van der Waals surface area (Å²) in [6.07, 6.45) is 0.203. The van der Waals surface area contributed by atoms with Gasteiger partial charge in [-0.1, -0.05) is 6.07 Å². The van der Waals surface area contributed by atoms with Gasteiger partial charge in [-0.25, -0.2) is 14.0 Å². The topological polar surface area (TPSA) is 78.9 Å². The van der Waals surface area contributed by atoms with E-state index in [0.29, 0.717) is 5.69 Å². The molecule has 1 aliphatic heterocycles. The molecule has 2 amide bonds. The van der Waals surface area contributed by atoms with Gasteiger partial charge in [0.15, 0.2) is 5.54 Å². The van der Waals surface area contributed by atoms with Crippen LogP contribution in [0.15, 0.2) is 24.3 Å². The zero-order valence-electron chi connectivity index (χ0n) is 11.6. The molecule has 1 heterocycles. The number of aliphatic carboxylic acids is 1. The van der Waals surface area contributed by atoms with Gasteiger partial charge in [-0.05, 0) is 25.1 Å². The summed E-state index contributed by atoms with van der Waals surface area (Å²) in [6, 6.07) is 4.99. The van der Waals surface area contributed by atoms with Crippen molar-refractivity contribution in [1.82, 2.24) is 5.32 Å². The zero-order chi connectivity index (χ0) is 15.5. The van der Waals surface area contributed by atoms with Crippen LogP contribution in [0.1, 0.15) is 13.3 Å². The molecule has 0 aromatic heterocycles. The lowest BCUT2D eigenvalue weighted by molar-refractivity contribution is -0.144. The lowest BCUT2D eigenvalue weighted by atomic mass is 9.99. The van der Waals surface area contributed by atoms with Crippen LogP contribution in [0.2, 0.25) is 0 Å². The minimum atomic E-state index is -1.42. The molecular weight excluding hydrogens is 279 g/mol. The number of anilines is 1. The van der Waals surface area contributed by atoms with Crippen LogP contribution in [0.5, 0.6) is 0 Å². The largest absolute Gasteiger partial charge is 0.479 e. The standard InChI is InChI=1S/C14H17FN2O4/c1-2-17(11-5-3-4-10(15)8-11)13(20)16-14(12(18)19)6-7-21-9-14/h3-5,8H,2,6-7,9H2,1H3,(H,16,20)(H,18,19). The van der Waals surface area contributed by atoms with Crippen LogP contribution in [0.3, 0.4) is 0 Å². The van der Waals surface area contributed by atoms with Crippen LogP contribution in [0, 0.1) is 5.82 Å². The summed E-state index contributed by atoms with van der Waals surface area (Å²) < 4.78 is 18.4. The fraction of sp³-hybridized carbons (Fsp3) is 0.429. The molecular formula is C14H17FN2O4. The molecule has 2 N–H and O–H groups in total. The molecule has 0 bridgehead atoms. The van der Waals surface area contributed by atoms with E-state index >= 15 is 0 Å². The molecule has 1 saturated heterocycles. The molecule has 1 atom stereocenters. The number of urea groups is 1. The maximum Gasteiger partial charge on any atom is 0.332 e. The number of ether oxygens (including phenoxy) is 1. The molecule has 21 heavy (non-hydrogen) atoms. The van der Waals surface area contributed by atoms with Crippen LogP contribution in [-0.4, -0.2) is 42.4 Å². The van der Waals surface area contributed by atoms with Crippen molar-refractivity contribution in [3.63, 3.8) is 0 Å². The molecule has 0 radical (unpaired) electrons. The van der Waals surface area contributed by atoms with Crippen molar-refractivity contribution in [3.8, 4) is 0 Å². The summed E-state index contributed by atoms with van der Waals surface area (Å²) in [5.74, 6) is -1.60. The van der Waals surface area contributed by atoms with Crippen molar-refractivity contribution in [2.24, 2.45) is 0 Å². The Kier molecular flexibility index (Phi) is 4.42. The number of hydrogen-bond acceptors (Lipinski definition) is 3. The van der Waals surface area contributed by atoms with Crippen molar-refractivity contribution in [2.45, 2.75) is 18.9 Å². The van der Waals surface area contributed by atoms with E-state index in [-0.39, 0.29) is 26.2 Å². The first kappa shape index (κ1) is 15.2. The number of halogens is 1. The van der Waals surface area contributed by atoms with E-state index in [2.05, 4.69) is 5.32 Å². The van der Waals surface area contributed by atoms with Crippen molar-refractivity contribution in [3.05, 3.63) is 30.1 Å². The summed E-state index contributed by atoms with van der Waals surface area (Å²) in [5, 5.41) is 11.8. The number of carbonyl (C=O) groups is 2. The van der Waals surface area contributed by atoms with Gasteiger partial charge in [0.05, 0.1) is 6.61 Å². The maximum atomic E-state index is 13.3. The normalized spacial score (nSPS) is 21.0. The number of nitrogens with zero attached hydrogens (tertiary/aromatic N) is 1. The molecule has 6 nitrogen and oxygen atoms in total. The van der Waals surface area contributed by atoms with Gasteiger partial charge in [0.1, 0.15) is 5.82 Å². The molecule has 1 aromatic rings. The zero-order valence-corrected chi connectivity index (χ0v) is 11.6. The number of rotatable bonds is 4. The third-order valence-electron chi connectivity index (χ3n) is 3.46. The minimum Gasteiger partial charge on any atom is -0.479 e. The minimum absolute atomic E-state index is 0.0746. The number of benzene rings is 1. The molecule has 0 saturated carbocycles. The highest BCUT2D eigenvalue weighted by atomic mass is 19.1. The smallest absolute Gasteiger partial charge is 0.332 e. The predicted molar refractivity (Wildman–Crippen MR) is 73.8 cm³/mol. The summed E-state index contributed by atoms with van der Waals surface area (Å²) in [5.41, 5.74) is -1.05. The number of carboxylic acids is 1. The number of carboxylic acid groups (broad SMARTS) is 1. The van der Waals surface area contributed by atoms with E-state index in [9.17, 15) is 19.1 Å². The van der Waals surface area contributed by atoms with Gasteiger partial charge in [-0.3, -0.25) is 4.90 Å². The highest BCUT2D eigenvalue weighted by Crippen LogP contribution is 2.21. The summed E-state index contributed by atoms with van der Waals surface area (Å²) in [7, 11) is 0. The second kappa shape index (κ2) is 6.09. The second-order valence-corrected chi connectivity index (χ2v) is 4.84. The van der Waals surface area contributed by atoms with Gasteiger partial charge in [0, 0.05) is 25.3 Å². The first-order valence-electron chi connectivity index (χ1n) is 6.65. The fourth-order valence-electron chi connectivity index (χ4n) is 2.25. The summed E-state index contributed by atoms with van der Waals surface area (Å²) in [4.78, 5) is 25.0. The fourth-order valence-corrected chi connectivity index (χ4v) is 2.25. The van der Waals surface area contributed by atoms with Gasteiger partial charge < -0.3 is 15.2 Å². The SMILES string of the molecule is CCN(C(=O)NC1(C(=O)O)CCOC1)c1cccc(F)c1. The van der Waals surface area contributed by atoms with Gasteiger partial charge in [0.2, 0.25) is 0 Å². The van der Waals surface area contributed by atoms with Crippen LogP contribution in [-0.2, 0) is 9.53 Å². The van der Waals surface area contributed by atoms with Gasteiger partial charge >= 0.3 is 12.0 Å². The monoisotopic (exact) mass is 296 g/mol. The van der Waals surface area contributed by atoms with E-state index in [0.717, 1.165) is 0 Å². The molecule has 1 aliphatic rings. The molecule has 1 fully saturated rings. The Morgan fingerprint density at radius 2 is 2.29 bits per heavy atom. The molecule has 114 valence electrons. The van der Waals surface area contributed by atoms with Crippen LogP contribution < -0.4 is 10.2 Å². The number of hydrogen-bond donors (Lipinski definition) is 2. The van der Waals surface area contributed by atoms with E-state index in [1.807, 2.05) is 0 Å².